The molecule has 0 aliphatic carbocycles. The highest BCUT2D eigenvalue weighted by molar-refractivity contribution is 14.1. The molecule has 1 heterocycles. The first-order chi connectivity index (χ1) is 8.99. The number of H-pyrrole nitrogens is 1. The number of fused-ring (bicyclic) bond motifs is 1. The number of nitrogens with one attached hydrogen (secondary N) is 1. The molecule has 2 aromatic rings. The van der Waals surface area contributed by atoms with Crippen molar-refractivity contribution in [2.75, 3.05) is 13.6 Å². The van der Waals surface area contributed by atoms with Crippen molar-refractivity contribution in [3.8, 4) is 0 Å². The van der Waals surface area contributed by atoms with E-state index < -0.39 is 0 Å². The number of imidazole rings is 1. The third-order valence-corrected chi connectivity index (χ3v) is 4.50. The summed E-state index contributed by atoms with van der Waals surface area (Å²) in [6.07, 6.45) is 1.11. The summed E-state index contributed by atoms with van der Waals surface area (Å²) in [5, 5.41) is 0. The summed E-state index contributed by atoms with van der Waals surface area (Å²) in [6, 6.07) is 7.01. The Morgan fingerprint density at radius 2 is 2.16 bits per heavy atom. The first kappa shape index (κ1) is 15.0. The second-order valence-electron chi connectivity index (χ2n) is 5.17. The van der Waals surface area contributed by atoms with Crippen LogP contribution in [0.3, 0.4) is 0 Å². The van der Waals surface area contributed by atoms with E-state index in [9.17, 15) is 0 Å². The highest BCUT2D eigenvalue weighted by Crippen LogP contribution is 2.17. The van der Waals surface area contributed by atoms with Gasteiger partial charge in [-0.2, -0.15) is 0 Å². The number of hydrogen-bond donors (Lipinski definition) is 1. The van der Waals surface area contributed by atoms with Crippen molar-refractivity contribution < 1.29 is 0 Å². The van der Waals surface area contributed by atoms with Gasteiger partial charge in [0.2, 0.25) is 0 Å². The Hall–Kier alpha value is -0.400. The fourth-order valence-electron chi connectivity index (χ4n) is 2.09. The Balaban J connectivity index is 2.13. The molecule has 19 heavy (non-hydrogen) atoms. The van der Waals surface area contributed by atoms with Gasteiger partial charge in [-0.25, -0.2) is 0 Å². The maximum absolute atomic E-state index is 5.42. The lowest BCUT2D eigenvalue weighted by molar-refractivity contribution is 0.266. The van der Waals surface area contributed by atoms with Gasteiger partial charge < -0.3 is 14.5 Å². The third-order valence-electron chi connectivity index (χ3n) is 3.51. The molecule has 0 amide bonds. The van der Waals surface area contributed by atoms with Crippen LogP contribution in [0.1, 0.15) is 20.3 Å². The van der Waals surface area contributed by atoms with Crippen molar-refractivity contribution in [2.24, 2.45) is 0 Å². The van der Waals surface area contributed by atoms with Crippen molar-refractivity contribution in [1.29, 1.82) is 0 Å². The van der Waals surface area contributed by atoms with E-state index in [-0.39, 0.29) is 0 Å². The van der Waals surface area contributed by atoms with Gasteiger partial charge in [-0.3, -0.25) is 0 Å². The summed E-state index contributed by atoms with van der Waals surface area (Å²) >= 11 is 7.74. The van der Waals surface area contributed by atoms with Gasteiger partial charge in [0.25, 0.3) is 0 Å². The lowest BCUT2D eigenvalue weighted by atomic mass is 10.3. The quantitative estimate of drug-likeness (QED) is 0.617. The molecule has 0 saturated heterocycles. The van der Waals surface area contributed by atoms with Crippen LogP contribution in [-0.2, 0) is 6.54 Å². The van der Waals surface area contributed by atoms with Gasteiger partial charge in [0.05, 0.1) is 11.0 Å². The minimum Gasteiger partial charge on any atom is -0.331 e. The van der Waals surface area contributed by atoms with Crippen LogP contribution in [0.2, 0.25) is 0 Å². The molecule has 0 atom stereocenters. The minimum absolute atomic E-state index is 0.595. The van der Waals surface area contributed by atoms with E-state index in [1.165, 1.54) is 9.09 Å². The second-order valence-corrected chi connectivity index (χ2v) is 6.80. The zero-order chi connectivity index (χ0) is 14.0. The summed E-state index contributed by atoms with van der Waals surface area (Å²) in [5.41, 5.74) is 2.34. The number of aryl methyl sites for hydroxylation is 1. The Morgan fingerprint density at radius 3 is 2.84 bits per heavy atom. The van der Waals surface area contributed by atoms with E-state index in [0.29, 0.717) is 6.04 Å². The van der Waals surface area contributed by atoms with Gasteiger partial charge in [0.1, 0.15) is 0 Å². The molecular weight excluding hydrogens is 369 g/mol. The molecule has 1 aromatic heterocycles. The number of rotatable bonds is 5. The number of aromatic amines is 1. The van der Waals surface area contributed by atoms with E-state index in [2.05, 4.69) is 76.1 Å². The van der Waals surface area contributed by atoms with E-state index in [4.69, 9.17) is 12.2 Å². The Kier molecular flexibility index (Phi) is 5.03. The fourth-order valence-corrected chi connectivity index (χ4v) is 2.89. The van der Waals surface area contributed by atoms with Gasteiger partial charge >= 0.3 is 0 Å². The standard InChI is InChI=1S/C14H20IN3S/c1-10(2)17(3)7-4-8-18-13-6-5-11(15)9-12(13)16-14(18)19/h5-6,9-10H,4,7-8H2,1-3H3,(H,16,19). The number of halogens is 1. The molecule has 2 rings (SSSR count). The average molecular weight is 389 g/mol. The second kappa shape index (κ2) is 6.37. The number of benzene rings is 1. The van der Waals surface area contributed by atoms with Crippen LogP contribution in [-0.4, -0.2) is 34.1 Å². The van der Waals surface area contributed by atoms with Crippen LogP contribution in [0, 0.1) is 8.34 Å². The molecule has 0 saturated carbocycles. The predicted molar refractivity (Wildman–Crippen MR) is 92.2 cm³/mol. The number of hydrogen-bond acceptors (Lipinski definition) is 2. The van der Waals surface area contributed by atoms with Crippen LogP contribution in [0.4, 0.5) is 0 Å². The van der Waals surface area contributed by atoms with Gasteiger partial charge in [-0.15, -0.1) is 0 Å². The van der Waals surface area contributed by atoms with Crippen LogP contribution in [0.5, 0.6) is 0 Å². The smallest absolute Gasteiger partial charge is 0.178 e. The molecule has 0 spiro atoms. The molecule has 3 nitrogen and oxygen atoms in total. The summed E-state index contributed by atoms with van der Waals surface area (Å²) in [5.74, 6) is 0. The SMILES string of the molecule is CC(C)N(C)CCCn1c(=S)[nH]c2cc(I)ccc21. The molecule has 104 valence electrons. The van der Waals surface area contributed by atoms with E-state index in [1.807, 2.05) is 0 Å². The van der Waals surface area contributed by atoms with Gasteiger partial charge in [0.15, 0.2) is 4.77 Å². The van der Waals surface area contributed by atoms with Crippen molar-refractivity contribution in [2.45, 2.75) is 32.9 Å². The predicted octanol–water partition coefficient (Wildman–Crippen LogP) is 4.03. The molecule has 0 bridgehead atoms. The third kappa shape index (κ3) is 3.58. The lowest BCUT2D eigenvalue weighted by Crippen LogP contribution is -2.27. The van der Waals surface area contributed by atoms with Gasteiger partial charge in [-0.1, -0.05) is 0 Å². The number of nitrogens with zero attached hydrogens (tertiary/aromatic N) is 2. The van der Waals surface area contributed by atoms with Gasteiger partial charge in [-0.05, 0) is 86.9 Å². The zero-order valence-electron chi connectivity index (χ0n) is 11.6. The van der Waals surface area contributed by atoms with Crippen molar-refractivity contribution in [3.05, 3.63) is 26.5 Å². The largest absolute Gasteiger partial charge is 0.331 e. The number of aromatic nitrogens is 2. The summed E-state index contributed by atoms with van der Waals surface area (Å²) < 4.78 is 4.26. The van der Waals surface area contributed by atoms with Crippen LogP contribution < -0.4 is 0 Å². The van der Waals surface area contributed by atoms with Gasteiger partial charge in [0, 0.05) is 16.2 Å². The van der Waals surface area contributed by atoms with E-state index in [1.54, 1.807) is 0 Å². The lowest BCUT2D eigenvalue weighted by Gasteiger charge is -2.20. The van der Waals surface area contributed by atoms with E-state index in [0.717, 1.165) is 29.8 Å². The first-order valence-corrected chi connectivity index (χ1v) is 8.06. The molecule has 5 heteroatoms. The van der Waals surface area contributed by atoms with Crippen LogP contribution in [0.25, 0.3) is 11.0 Å². The molecule has 0 aliphatic rings. The van der Waals surface area contributed by atoms with Crippen LogP contribution in [0.15, 0.2) is 18.2 Å². The Bertz CT molecular complexity index is 615. The molecule has 0 radical (unpaired) electrons. The average Bonchev–Trinajstić information content (AvgIpc) is 2.64. The monoisotopic (exact) mass is 389 g/mol. The van der Waals surface area contributed by atoms with Crippen LogP contribution >= 0.6 is 34.8 Å². The molecule has 0 unspecified atom stereocenters. The van der Waals surface area contributed by atoms with Crippen molar-refractivity contribution in [1.82, 2.24) is 14.5 Å². The highest BCUT2D eigenvalue weighted by atomic mass is 127. The van der Waals surface area contributed by atoms with Crippen molar-refractivity contribution >= 4 is 45.8 Å². The topological polar surface area (TPSA) is 24.0 Å². The Labute approximate surface area is 133 Å². The normalized spacial score (nSPS) is 11.9. The molecular formula is C14H20IN3S. The zero-order valence-corrected chi connectivity index (χ0v) is 14.6. The molecule has 0 aliphatic heterocycles. The maximum atomic E-state index is 5.42. The first-order valence-electron chi connectivity index (χ1n) is 6.57. The molecule has 1 aromatic carbocycles. The molecule has 0 fully saturated rings. The maximum Gasteiger partial charge on any atom is 0.178 e. The summed E-state index contributed by atoms with van der Waals surface area (Å²) in [6.45, 7) is 6.51. The minimum atomic E-state index is 0.595. The molecule has 1 N–H and O–H groups in total. The Morgan fingerprint density at radius 1 is 1.42 bits per heavy atom. The van der Waals surface area contributed by atoms with E-state index >= 15 is 0 Å². The highest BCUT2D eigenvalue weighted by Gasteiger charge is 2.06. The van der Waals surface area contributed by atoms with Crippen molar-refractivity contribution in [3.63, 3.8) is 0 Å². The summed E-state index contributed by atoms with van der Waals surface area (Å²) in [7, 11) is 2.17. The summed E-state index contributed by atoms with van der Waals surface area (Å²) in [4.78, 5) is 5.65. The fraction of sp³-hybridized carbons (Fsp3) is 0.500.